The maximum Gasteiger partial charge on any atom is 0.489 e. The van der Waals surface area contributed by atoms with E-state index in [1.165, 1.54) is 0 Å². The summed E-state index contributed by atoms with van der Waals surface area (Å²) in [7, 11) is -1.52. The number of nitrogens with one attached hydrogen (secondary N) is 1. The molecule has 1 aromatic rings. The van der Waals surface area contributed by atoms with Crippen molar-refractivity contribution in [1.29, 1.82) is 0 Å². The highest BCUT2D eigenvalue weighted by Crippen LogP contribution is 2.17. The quantitative estimate of drug-likeness (QED) is 0.703. The molecule has 88 valence electrons. The highest BCUT2D eigenvalue weighted by molar-refractivity contribution is 6.62. The van der Waals surface area contributed by atoms with E-state index in [1.54, 1.807) is 18.2 Å². The number of halogens is 1. The molecule has 0 amide bonds. The first-order valence-electron chi connectivity index (χ1n) is 5.19. The second-order valence-electron chi connectivity index (χ2n) is 5.02. The molecule has 1 rings (SSSR count). The van der Waals surface area contributed by atoms with Gasteiger partial charge >= 0.3 is 7.12 Å². The molecule has 5 heteroatoms. The van der Waals surface area contributed by atoms with Gasteiger partial charge in [0.2, 0.25) is 0 Å². The zero-order chi connectivity index (χ0) is 12.3. The molecule has 0 aromatic heterocycles. The van der Waals surface area contributed by atoms with Gasteiger partial charge in [-0.25, -0.2) is 0 Å². The van der Waals surface area contributed by atoms with Crippen molar-refractivity contribution in [2.24, 2.45) is 5.41 Å². The van der Waals surface area contributed by atoms with E-state index >= 15 is 0 Å². The van der Waals surface area contributed by atoms with Crippen molar-refractivity contribution in [1.82, 2.24) is 0 Å². The normalized spacial score (nSPS) is 11.4. The number of hydrogen-bond acceptors (Lipinski definition) is 3. The Hall–Kier alpha value is -0.705. The molecule has 0 aliphatic carbocycles. The largest absolute Gasteiger partial charge is 0.489 e. The van der Waals surface area contributed by atoms with Crippen molar-refractivity contribution in [3.05, 3.63) is 23.2 Å². The Morgan fingerprint density at radius 2 is 1.94 bits per heavy atom. The van der Waals surface area contributed by atoms with Gasteiger partial charge in [0.15, 0.2) is 0 Å². The van der Waals surface area contributed by atoms with Crippen molar-refractivity contribution in [3.8, 4) is 0 Å². The Bertz CT molecular complexity index is 363. The minimum absolute atomic E-state index is 0.182. The first-order valence-corrected chi connectivity index (χ1v) is 5.57. The van der Waals surface area contributed by atoms with Gasteiger partial charge in [-0.3, -0.25) is 0 Å². The van der Waals surface area contributed by atoms with Gasteiger partial charge in [0, 0.05) is 22.7 Å². The highest BCUT2D eigenvalue weighted by atomic mass is 35.5. The molecule has 0 spiro atoms. The van der Waals surface area contributed by atoms with E-state index < -0.39 is 7.12 Å². The minimum atomic E-state index is -1.52. The molecule has 16 heavy (non-hydrogen) atoms. The predicted molar refractivity (Wildman–Crippen MR) is 69.2 cm³/mol. The summed E-state index contributed by atoms with van der Waals surface area (Å²) in [5, 5.41) is 21.6. The molecule has 0 bridgehead atoms. The van der Waals surface area contributed by atoms with Gasteiger partial charge < -0.3 is 15.4 Å². The van der Waals surface area contributed by atoms with Crippen LogP contribution in [-0.4, -0.2) is 23.7 Å². The van der Waals surface area contributed by atoms with Crippen LogP contribution in [-0.2, 0) is 0 Å². The summed E-state index contributed by atoms with van der Waals surface area (Å²) in [5.74, 6) is 0. The van der Waals surface area contributed by atoms with E-state index in [1.807, 2.05) is 0 Å². The lowest BCUT2D eigenvalue weighted by Gasteiger charge is -2.20. The summed E-state index contributed by atoms with van der Waals surface area (Å²) < 4.78 is 0. The monoisotopic (exact) mass is 241 g/mol. The molecule has 0 aliphatic heterocycles. The molecule has 0 unspecified atom stereocenters. The Labute approximate surface area is 102 Å². The maximum absolute atomic E-state index is 9.01. The second-order valence-corrected chi connectivity index (χ2v) is 5.43. The van der Waals surface area contributed by atoms with Gasteiger partial charge in [0.25, 0.3) is 0 Å². The number of benzene rings is 1. The third-order valence-corrected chi connectivity index (χ3v) is 2.43. The molecular formula is C11H17BClNO2. The molecule has 0 radical (unpaired) electrons. The standard InChI is InChI=1S/C11H17BClNO2/c1-11(2,3)7-14-8-4-5-9(12(15)16)10(13)6-8/h4-6,14-16H,7H2,1-3H3. The first-order chi connectivity index (χ1) is 7.29. The fraction of sp³-hybridized carbons (Fsp3) is 0.455. The van der Waals surface area contributed by atoms with Gasteiger partial charge in [-0.15, -0.1) is 0 Å². The lowest BCUT2D eigenvalue weighted by atomic mass is 9.80. The summed E-state index contributed by atoms with van der Waals surface area (Å²) in [6.07, 6.45) is 0. The van der Waals surface area contributed by atoms with Crippen molar-refractivity contribution >= 4 is 29.9 Å². The summed E-state index contributed by atoms with van der Waals surface area (Å²) in [4.78, 5) is 0. The van der Waals surface area contributed by atoms with Gasteiger partial charge in [-0.1, -0.05) is 38.4 Å². The van der Waals surface area contributed by atoms with E-state index in [2.05, 4.69) is 26.1 Å². The smallest absolute Gasteiger partial charge is 0.423 e. The summed E-state index contributed by atoms with van der Waals surface area (Å²) in [5.41, 5.74) is 1.38. The Kier molecular flexibility index (Phi) is 4.24. The SMILES string of the molecule is CC(C)(C)CNc1ccc(B(O)O)c(Cl)c1. The minimum Gasteiger partial charge on any atom is -0.423 e. The van der Waals surface area contributed by atoms with Gasteiger partial charge in [0.1, 0.15) is 0 Å². The molecule has 0 aliphatic rings. The molecule has 1 aromatic carbocycles. The van der Waals surface area contributed by atoms with Gasteiger partial charge in [-0.05, 0) is 17.5 Å². The Balaban J connectivity index is 2.74. The van der Waals surface area contributed by atoms with Crippen LogP contribution in [0.15, 0.2) is 18.2 Å². The van der Waals surface area contributed by atoms with Crippen LogP contribution in [0.4, 0.5) is 5.69 Å². The Morgan fingerprint density at radius 3 is 2.38 bits per heavy atom. The van der Waals surface area contributed by atoms with E-state index in [-0.39, 0.29) is 5.41 Å². The topological polar surface area (TPSA) is 52.5 Å². The van der Waals surface area contributed by atoms with Crippen LogP contribution in [0.25, 0.3) is 0 Å². The average Bonchev–Trinajstić information content (AvgIpc) is 2.13. The summed E-state index contributed by atoms with van der Waals surface area (Å²) in [6, 6.07) is 5.09. The molecular weight excluding hydrogens is 224 g/mol. The molecule has 0 saturated heterocycles. The maximum atomic E-state index is 9.01. The Morgan fingerprint density at radius 1 is 1.31 bits per heavy atom. The number of hydrogen-bond donors (Lipinski definition) is 3. The molecule has 3 N–H and O–H groups in total. The number of anilines is 1. The van der Waals surface area contributed by atoms with Gasteiger partial charge in [-0.2, -0.15) is 0 Å². The van der Waals surface area contributed by atoms with Crippen molar-refractivity contribution in [2.75, 3.05) is 11.9 Å². The molecule has 0 saturated carbocycles. The fourth-order valence-electron chi connectivity index (χ4n) is 1.21. The fourth-order valence-corrected chi connectivity index (χ4v) is 1.49. The third kappa shape index (κ3) is 4.04. The zero-order valence-electron chi connectivity index (χ0n) is 9.79. The van der Waals surface area contributed by atoms with Crippen LogP contribution in [0.2, 0.25) is 5.02 Å². The van der Waals surface area contributed by atoms with Crippen LogP contribution < -0.4 is 10.8 Å². The lowest BCUT2D eigenvalue weighted by molar-refractivity contribution is 0.425. The third-order valence-electron chi connectivity index (χ3n) is 2.10. The average molecular weight is 242 g/mol. The highest BCUT2D eigenvalue weighted by Gasteiger charge is 2.15. The van der Waals surface area contributed by atoms with E-state index in [9.17, 15) is 0 Å². The van der Waals surface area contributed by atoms with Crippen LogP contribution in [0.3, 0.4) is 0 Å². The van der Waals surface area contributed by atoms with Crippen LogP contribution in [0.5, 0.6) is 0 Å². The second kappa shape index (κ2) is 5.08. The van der Waals surface area contributed by atoms with Crippen LogP contribution in [0, 0.1) is 5.41 Å². The number of rotatable bonds is 3. The zero-order valence-corrected chi connectivity index (χ0v) is 10.5. The molecule has 0 fully saturated rings. The van der Waals surface area contributed by atoms with E-state index in [4.69, 9.17) is 21.6 Å². The van der Waals surface area contributed by atoms with E-state index in [0.29, 0.717) is 10.5 Å². The predicted octanol–water partition coefficient (Wildman–Crippen LogP) is 1.48. The van der Waals surface area contributed by atoms with Crippen molar-refractivity contribution in [3.63, 3.8) is 0 Å². The van der Waals surface area contributed by atoms with E-state index in [0.717, 1.165) is 12.2 Å². The molecule has 0 heterocycles. The first kappa shape index (κ1) is 13.4. The van der Waals surface area contributed by atoms with Gasteiger partial charge in [0.05, 0.1) is 0 Å². The van der Waals surface area contributed by atoms with Crippen molar-refractivity contribution < 1.29 is 10.0 Å². The van der Waals surface area contributed by atoms with Crippen LogP contribution >= 0.6 is 11.6 Å². The van der Waals surface area contributed by atoms with Crippen molar-refractivity contribution in [2.45, 2.75) is 20.8 Å². The summed E-state index contributed by atoms with van der Waals surface area (Å²) >= 11 is 5.91. The molecule has 3 nitrogen and oxygen atoms in total. The molecule has 0 atom stereocenters. The summed E-state index contributed by atoms with van der Waals surface area (Å²) in [6.45, 7) is 7.22. The lowest BCUT2D eigenvalue weighted by Crippen LogP contribution is -2.30. The van der Waals surface area contributed by atoms with Crippen LogP contribution in [0.1, 0.15) is 20.8 Å².